The number of hydrogen-bond donors (Lipinski definition) is 1. The van der Waals surface area contributed by atoms with Gasteiger partial charge in [0.1, 0.15) is 11.3 Å². The Morgan fingerprint density at radius 2 is 1.76 bits per heavy atom. The summed E-state index contributed by atoms with van der Waals surface area (Å²) in [5.74, 6) is 1.63. The first-order valence-corrected chi connectivity index (χ1v) is 11.9. The lowest BCUT2D eigenvalue weighted by molar-refractivity contribution is 0.439. The average molecular weight is 470 g/mol. The zero-order chi connectivity index (χ0) is 20.2. The molecular formula is C23H20BrNO3S. The van der Waals surface area contributed by atoms with Crippen molar-refractivity contribution in [2.75, 3.05) is 4.72 Å². The van der Waals surface area contributed by atoms with Crippen molar-refractivity contribution in [1.82, 2.24) is 0 Å². The van der Waals surface area contributed by atoms with Gasteiger partial charge in [-0.2, -0.15) is 0 Å². The molecular weight excluding hydrogens is 450 g/mol. The average Bonchev–Trinajstić information content (AvgIpc) is 3.06. The minimum absolute atomic E-state index is 0.229. The Morgan fingerprint density at radius 3 is 2.52 bits per heavy atom. The standard InChI is InChI=1S/C23H20BrNO3S/c1-14-6-11-22-19(12-14)20-13-21(17-4-2-3-5-18(17)23(20)28-22)25-29(26,27)16-9-7-15(24)8-10-16/h2-5,7-10,13-14,25H,6,11-12H2,1H3. The summed E-state index contributed by atoms with van der Waals surface area (Å²) in [5, 5.41) is 2.78. The Hall–Kier alpha value is -2.31. The van der Waals surface area contributed by atoms with Gasteiger partial charge < -0.3 is 4.42 Å². The molecule has 0 radical (unpaired) electrons. The number of hydrogen-bond acceptors (Lipinski definition) is 3. The van der Waals surface area contributed by atoms with Crippen molar-refractivity contribution in [2.45, 2.75) is 31.1 Å². The van der Waals surface area contributed by atoms with Crippen LogP contribution in [0.3, 0.4) is 0 Å². The van der Waals surface area contributed by atoms with Crippen LogP contribution in [0.1, 0.15) is 24.7 Å². The summed E-state index contributed by atoms with van der Waals surface area (Å²) >= 11 is 3.35. The van der Waals surface area contributed by atoms with E-state index in [1.165, 1.54) is 5.56 Å². The number of aryl methyl sites for hydroxylation is 1. The predicted molar refractivity (Wildman–Crippen MR) is 120 cm³/mol. The largest absolute Gasteiger partial charge is 0.460 e. The number of benzene rings is 3. The quantitative estimate of drug-likeness (QED) is 0.384. The first-order chi connectivity index (χ1) is 13.9. The molecule has 1 aliphatic carbocycles. The molecule has 0 bridgehead atoms. The molecule has 148 valence electrons. The third-order valence-electron chi connectivity index (χ3n) is 5.67. The third kappa shape index (κ3) is 3.24. The maximum absolute atomic E-state index is 13.0. The normalized spacial score (nSPS) is 16.8. The highest BCUT2D eigenvalue weighted by Crippen LogP contribution is 2.40. The molecule has 0 amide bonds. The fourth-order valence-electron chi connectivity index (χ4n) is 4.17. The third-order valence-corrected chi connectivity index (χ3v) is 7.58. The molecule has 0 fully saturated rings. The van der Waals surface area contributed by atoms with Crippen LogP contribution in [0.4, 0.5) is 5.69 Å². The Morgan fingerprint density at radius 1 is 1.03 bits per heavy atom. The van der Waals surface area contributed by atoms with E-state index in [4.69, 9.17) is 4.42 Å². The zero-order valence-corrected chi connectivity index (χ0v) is 18.3. The van der Waals surface area contributed by atoms with E-state index in [2.05, 4.69) is 27.6 Å². The number of halogens is 1. The van der Waals surface area contributed by atoms with Crippen molar-refractivity contribution in [3.05, 3.63) is 70.4 Å². The summed E-state index contributed by atoms with van der Waals surface area (Å²) in [6, 6.07) is 16.4. The summed E-state index contributed by atoms with van der Waals surface area (Å²) < 4.78 is 35.9. The lowest BCUT2D eigenvalue weighted by Gasteiger charge is -2.17. The second-order valence-electron chi connectivity index (χ2n) is 7.76. The lowest BCUT2D eigenvalue weighted by atomic mass is 9.87. The van der Waals surface area contributed by atoms with Crippen molar-refractivity contribution in [3.8, 4) is 0 Å². The first-order valence-electron chi connectivity index (χ1n) is 9.67. The van der Waals surface area contributed by atoms with E-state index in [1.807, 2.05) is 30.3 Å². The molecule has 29 heavy (non-hydrogen) atoms. The maximum Gasteiger partial charge on any atom is 0.261 e. The molecule has 0 saturated heterocycles. The summed E-state index contributed by atoms with van der Waals surface area (Å²) in [7, 11) is -3.71. The van der Waals surface area contributed by atoms with E-state index in [0.717, 1.165) is 51.2 Å². The van der Waals surface area contributed by atoms with E-state index < -0.39 is 10.0 Å². The van der Waals surface area contributed by atoms with Crippen LogP contribution in [0.5, 0.6) is 0 Å². The zero-order valence-electron chi connectivity index (χ0n) is 15.9. The Balaban J connectivity index is 1.70. The summed E-state index contributed by atoms with van der Waals surface area (Å²) in [4.78, 5) is 0.229. The second kappa shape index (κ2) is 6.89. The van der Waals surface area contributed by atoms with Crippen molar-refractivity contribution >= 4 is 53.4 Å². The molecule has 0 aliphatic heterocycles. The molecule has 1 heterocycles. The van der Waals surface area contributed by atoms with Crippen molar-refractivity contribution in [3.63, 3.8) is 0 Å². The van der Waals surface area contributed by atoms with Gasteiger partial charge in [-0.25, -0.2) is 8.42 Å². The molecule has 4 aromatic rings. The molecule has 0 spiro atoms. The van der Waals surface area contributed by atoms with Crippen molar-refractivity contribution < 1.29 is 12.8 Å². The maximum atomic E-state index is 13.0. The van der Waals surface area contributed by atoms with Crippen LogP contribution in [0, 0.1) is 5.92 Å². The molecule has 3 aromatic carbocycles. The van der Waals surface area contributed by atoms with Gasteiger partial charge in [-0.1, -0.05) is 47.1 Å². The Labute approximate surface area is 178 Å². The Kier molecular flexibility index (Phi) is 4.44. The van der Waals surface area contributed by atoms with Gasteiger partial charge >= 0.3 is 0 Å². The van der Waals surface area contributed by atoms with Crippen LogP contribution in [0.2, 0.25) is 0 Å². The highest BCUT2D eigenvalue weighted by molar-refractivity contribution is 9.10. The van der Waals surface area contributed by atoms with Crippen LogP contribution in [0.25, 0.3) is 21.7 Å². The van der Waals surface area contributed by atoms with Crippen LogP contribution in [0.15, 0.2) is 68.4 Å². The second-order valence-corrected chi connectivity index (χ2v) is 10.4. The monoisotopic (exact) mass is 469 g/mol. The molecule has 1 atom stereocenters. The van der Waals surface area contributed by atoms with Gasteiger partial charge in [0.25, 0.3) is 10.0 Å². The molecule has 1 unspecified atom stereocenters. The smallest absolute Gasteiger partial charge is 0.261 e. The van der Waals surface area contributed by atoms with E-state index >= 15 is 0 Å². The lowest BCUT2D eigenvalue weighted by Crippen LogP contribution is -2.13. The highest BCUT2D eigenvalue weighted by atomic mass is 79.9. The van der Waals surface area contributed by atoms with Crippen LogP contribution < -0.4 is 4.72 Å². The van der Waals surface area contributed by atoms with Crippen molar-refractivity contribution in [1.29, 1.82) is 0 Å². The molecule has 1 aliphatic rings. The Bertz CT molecular complexity index is 1340. The van der Waals surface area contributed by atoms with Gasteiger partial charge in [-0.3, -0.25) is 4.72 Å². The van der Waals surface area contributed by atoms with Gasteiger partial charge in [-0.15, -0.1) is 0 Å². The number of nitrogens with one attached hydrogen (secondary N) is 1. The molecule has 1 aromatic heterocycles. The van der Waals surface area contributed by atoms with Gasteiger partial charge in [0.05, 0.1) is 10.6 Å². The molecule has 1 N–H and O–H groups in total. The molecule has 0 saturated carbocycles. The van der Waals surface area contributed by atoms with Gasteiger partial charge in [0.2, 0.25) is 0 Å². The topological polar surface area (TPSA) is 59.3 Å². The molecule has 6 heteroatoms. The van der Waals surface area contributed by atoms with E-state index in [1.54, 1.807) is 24.3 Å². The first kappa shape index (κ1) is 18.7. The van der Waals surface area contributed by atoms with Crippen LogP contribution in [-0.4, -0.2) is 8.42 Å². The summed E-state index contributed by atoms with van der Waals surface area (Å²) in [5.41, 5.74) is 2.65. The fraction of sp³-hybridized carbons (Fsp3) is 0.217. The fourth-order valence-corrected chi connectivity index (χ4v) is 5.51. The summed E-state index contributed by atoms with van der Waals surface area (Å²) in [6.45, 7) is 2.25. The van der Waals surface area contributed by atoms with Crippen LogP contribution in [-0.2, 0) is 22.9 Å². The number of anilines is 1. The van der Waals surface area contributed by atoms with Gasteiger partial charge in [-0.05, 0) is 49.1 Å². The SMILES string of the molecule is CC1CCc2oc3c(cc(NS(=O)(=O)c4ccc(Br)cc4)c4ccccc43)c2C1. The minimum atomic E-state index is -3.71. The molecule has 4 nitrogen and oxygen atoms in total. The number of fused-ring (bicyclic) bond motifs is 5. The van der Waals surface area contributed by atoms with E-state index in [9.17, 15) is 8.42 Å². The number of furan rings is 1. The summed E-state index contributed by atoms with van der Waals surface area (Å²) in [6.07, 6.45) is 3.01. The van der Waals surface area contributed by atoms with Crippen LogP contribution >= 0.6 is 15.9 Å². The molecule has 5 rings (SSSR count). The van der Waals surface area contributed by atoms with Gasteiger partial charge in [0.15, 0.2) is 0 Å². The minimum Gasteiger partial charge on any atom is -0.460 e. The number of sulfonamides is 1. The van der Waals surface area contributed by atoms with Gasteiger partial charge in [0, 0.05) is 32.6 Å². The highest BCUT2D eigenvalue weighted by Gasteiger charge is 2.25. The van der Waals surface area contributed by atoms with Crippen molar-refractivity contribution in [2.24, 2.45) is 5.92 Å². The van der Waals surface area contributed by atoms with E-state index in [0.29, 0.717) is 11.6 Å². The predicted octanol–water partition coefficient (Wildman–Crippen LogP) is 6.27. The number of rotatable bonds is 3. The van der Waals surface area contributed by atoms with E-state index in [-0.39, 0.29) is 4.90 Å².